The summed E-state index contributed by atoms with van der Waals surface area (Å²) in [4.78, 5) is 0. The Morgan fingerprint density at radius 1 is 0.459 bits per heavy atom. The largest absolute Gasteiger partial charge is 2.00 e. The third-order valence-corrected chi connectivity index (χ3v) is 5.58. The van der Waals surface area contributed by atoms with Crippen molar-refractivity contribution in [2.45, 2.75) is 11.8 Å². The molecule has 3 heteroatoms. The molecule has 0 atom stereocenters. The van der Waals surface area contributed by atoms with Gasteiger partial charge in [0.15, 0.2) is 0 Å². The maximum absolute atomic E-state index is 3.98. The van der Waals surface area contributed by atoms with E-state index in [1.165, 1.54) is 16.7 Å². The second-order valence-electron chi connectivity index (χ2n) is 7.81. The Morgan fingerprint density at radius 2 is 0.703 bits per heavy atom. The fraction of sp³-hybridized carbons (Fsp3) is 0.0588. The van der Waals surface area contributed by atoms with Gasteiger partial charge in [-0.15, -0.1) is 6.58 Å². The first-order valence-corrected chi connectivity index (χ1v) is 11.7. The maximum atomic E-state index is 3.98. The van der Waals surface area contributed by atoms with Gasteiger partial charge in [-0.2, -0.15) is 108 Å². The minimum Gasteiger partial charge on any atom is -0.214 e. The van der Waals surface area contributed by atoms with Crippen molar-refractivity contribution in [2.75, 3.05) is 0 Å². The van der Waals surface area contributed by atoms with Crippen LogP contribution in [0.4, 0.5) is 0 Å². The summed E-state index contributed by atoms with van der Waals surface area (Å²) in [5, 5.41) is 0. The molecule has 0 spiro atoms. The van der Waals surface area contributed by atoms with Crippen LogP contribution in [-0.2, 0) is 56.6 Å². The molecule has 0 fully saturated rings. The first-order valence-electron chi connectivity index (χ1n) is 11.7. The van der Waals surface area contributed by atoms with E-state index in [0.29, 0.717) is 0 Å². The molecule has 0 heterocycles. The van der Waals surface area contributed by atoms with Crippen molar-refractivity contribution in [3.8, 4) is 0 Å². The van der Waals surface area contributed by atoms with Crippen LogP contribution in [0.5, 0.6) is 0 Å². The van der Waals surface area contributed by atoms with Gasteiger partial charge in [0, 0.05) is 0 Å². The Labute approximate surface area is 254 Å². The predicted molar refractivity (Wildman–Crippen MR) is 147 cm³/mol. The van der Waals surface area contributed by atoms with Crippen LogP contribution in [-0.4, -0.2) is 0 Å². The average molecular weight is 608 g/mol. The molecule has 0 amide bonds. The van der Waals surface area contributed by atoms with Crippen LogP contribution in [0, 0.1) is 0 Å². The first-order chi connectivity index (χ1) is 16.9. The molecule has 0 aliphatic rings. The molecule has 0 aromatic heterocycles. The van der Waals surface area contributed by atoms with E-state index < -0.39 is 0 Å². The minimum atomic E-state index is -0.0990. The minimum absolute atomic E-state index is 0. The summed E-state index contributed by atoms with van der Waals surface area (Å²) in [7, 11) is 0. The summed E-state index contributed by atoms with van der Waals surface area (Å²) in [6.45, 7) is 3.98. The van der Waals surface area contributed by atoms with E-state index in [1.807, 2.05) is 97.1 Å². The van der Waals surface area contributed by atoms with E-state index in [-0.39, 0.29) is 56.6 Å². The van der Waals surface area contributed by atoms with E-state index in [9.17, 15) is 0 Å². The Hall–Kier alpha value is -2.60. The number of hydrogen-bond acceptors (Lipinski definition) is 0. The molecule has 6 aromatic carbocycles. The van der Waals surface area contributed by atoms with Crippen molar-refractivity contribution in [3.05, 3.63) is 193 Å². The summed E-state index contributed by atoms with van der Waals surface area (Å²) >= 11 is 0. The molecule has 0 nitrogen and oxygen atoms in total. The predicted octanol–water partition coefficient (Wildman–Crippen LogP) is 8.96. The van der Waals surface area contributed by atoms with Gasteiger partial charge < -0.3 is 0 Å². The zero-order valence-corrected chi connectivity index (χ0v) is 24.0. The maximum Gasteiger partial charge on any atom is 2.00 e. The van der Waals surface area contributed by atoms with E-state index in [4.69, 9.17) is 0 Å². The Kier molecular flexibility index (Phi) is 19.0. The molecule has 0 saturated carbocycles. The fourth-order valence-electron chi connectivity index (χ4n) is 4.01. The van der Waals surface area contributed by atoms with Gasteiger partial charge in [0.1, 0.15) is 0 Å². The molecule has 6 rings (SSSR count). The van der Waals surface area contributed by atoms with Crippen molar-refractivity contribution in [1.82, 2.24) is 0 Å². The SMILES string of the molecule is C=CCC([c-]1cccc1)([c-]1cccc1)[c-]1cccc1.[Fe+2].[Fe+2].[Fe+2].c1cc[cH-]c1.c1cc[cH-]c1.c1cc[cH-]c1. The van der Waals surface area contributed by atoms with Crippen LogP contribution in [0.15, 0.2) is 176 Å². The van der Waals surface area contributed by atoms with Crippen molar-refractivity contribution < 1.29 is 51.2 Å². The van der Waals surface area contributed by atoms with Gasteiger partial charge in [0.05, 0.1) is 0 Å². The molecule has 0 unspecified atom stereocenters. The summed E-state index contributed by atoms with van der Waals surface area (Å²) in [6, 6.07) is 55.9. The van der Waals surface area contributed by atoms with Gasteiger partial charge in [-0.05, 0) is 6.42 Å². The molecule has 0 bridgehead atoms. The van der Waals surface area contributed by atoms with Gasteiger partial charge in [0.2, 0.25) is 0 Å². The van der Waals surface area contributed by atoms with Crippen molar-refractivity contribution in [2.24, 2.45) is 0 Å². The van der Waals surface area contributed by atoms with E-state index in [1.54, 1.807) is 0 Å². The van der Waals surface area contributed by atoms with Crippen LogP contribution in [0.1, 0.15) is 23.1 Å². The number of hydrogen-bond donors (Lipinski definition) is 0. The molecular weight excluding hydrogens is 576 g/mol. The standard InChI is InChI=1S/C19H17.3C5H5.3Fe/c1-2-15-19(16-9-3-4-10-16,17-11-5-6-12-17)18-13-7-8-14-18;3*1-2-4-5-3-1;;;/h2-14H,1,15H2;3*1-5H;;;/q-3;3*-1;3*+2. The molecule has 192 valence electrons. The van der Waals surface area contributed by atoms with Crippen LogP contribution in [0.2, 0.25) is 0 Å². The van der Waals surface area contributed by atoms with Crippen LogP contribution >= 0.6 is 0 Å². The molecular formula is C34H32Fe3. The molecule has 0 aliphatic carbocycles. The number of allylic oxidation sites excluding steroid dienone is 1. The van der Waals surface area contributed by atoms with Crippen LogP contribution in [0.3, 0.4) is 0 Å². The number of rotatable bonds is 5. The third-order valence-electron chi connectivity index (χ3n) is 5.58. The van der Waals surface area contributed by atoms with Crippen molar-refractivity contribution in [1.29, 1.82) is 0 Å². The Morgan fingerprint density at radius 3 is 0.865 bits per heavy atom. The smallest absolute Gasteiger partial charge is 0.214 e. The first kappa shape index (κ1) is 34.4. The monoisotopic (exact) mass is 608 g/mol. The van der Waals surface area contributed by atoms with E-state index >= 15 is 0 Å². The van der Waals surface area contributed by atoms with Gasteiger partial charge in [-0.3, -0.25) is 0 Å². The van der Waals surface area contributed by atoms with E-state index in [0.717, 1.165) is 6.42 Å². The van der Waals surface area contributed by atoms with Gasteiger partial charge in [-0.1, -0.05) is 11.5 Å². The summed E-state index contributed by atoms with van der Waals surface area (Å²) in [5.41, 5.74) is 3.91. The Bertz CT molecular complexity index is 957. The second kappa shape index (κ2) is 20.5. The molecule has 0 radical (unpaired) electrons. The normalized spacial score (nSPS) is 9.19. The molecule has 0 saturated heterocycles. The summed E-state index contributed by atoms with van der Waals surface area (Å²) in [6.07, 6.45) is 2.93. The zero-order chi connectivity index (χ0) is 23.7. The van der Waals surface area contributed by atoms with Crippen molar-refractivity contribution >= 4 is 0 Å². The quantitative estimate of drug-likeness (QED) is 0.104. The van der Waals surface area contributed by atoms with Crippen LogP contribution < -0.4 is 0 Å². The van der Waals surface area contributed by atoms with Crippen LogP contribution in [0.25, 0.3) is 0 Å². The van der Waals surface area contributed by atoms with E-state index in [2.05, 4.69) is 79.4 Å². The molecule has 37 heavy (non-hydrogen) atoms. The summed E-state index contributed by atoms with van der Waals surface area (Å²) < 4.78 is 0. The zero-order valence-electron chi connectivity index (χ0n) is 20.6. The third kappa shape index (κ3) is 10.7. The summed E-state index contributed by atoms with van der Waals surface area (Å²) in [5.74, 6) is 0. The fourth-order valence-corrected chi connectivity index (χ4v) is 4.01. The Balaban J connectivity index is 0.000000589. The molecule has 0 N–H and O–H groups in total. The average Bonchev–Trinajstić information content (AvgIpc) is 3.78. The van der Waals surface area contributed by atoms with Gasteiger partial charge in [-0.25, -0.2) is 72.8 Å². The van der Waals surface area contributed by atoms with Gasteiger partial charge in [0.25, 0.3) is 0 Å². The van der Waals surface area contributed by atoms with Crippen molar-refractivity contribution in [3.63, 3.8) is 0 Å². The second-order valence-corrected chi connectivity index (χ2v) is 7.81. The molecule has 0 aliphatic heterocycles. The molecule has 6 aromatic rings. The topological polar surface area (TPSA) is 0 Å². The van der Waals surface area contributed by atoms with Gasteiger partial charge >= 0.3 is 51.2 Å².